The Morgan fingerprint density at radius 1 is 1.54 bits per heavy atom. The third-order valence-corrected chi connectivity index (χ3v) is 5.36. The first-order valence-electron chi connectivity index (χ1n) is 7.11. The van der Waals surface area contributed by atoms with E-state index < -0.39 is 0 Å². The molecule has 0 saturated heterocycles. The van der Waals surface area contributed by atoms with Crippen LogP contribution in [0.4, 0.5) is 0 Å². The fraction of sp³-hybridized carbons (Fsp3) is 0.250. The van der Waals surface area contributed by atoms with Crippen LogP contribution in [0.2, 0.25) is 0 Å². The second kappa shape index (κ2) is 8.57. The van der Waals surface area contributed by atoms with Crippen molar-refractivity contribution < 1.29 is 4.79 Å². The molecule has 1 aromatic carbocycles. The summed E-state index contributed by atoms with van der Waals surface area (Å²) in [4.78, 5) is 11.9. The molecule has 0 unspecified atom stereocenters. The van der Waals surface area contributed by atoms with E-state index in [0.29, 0.717) is 21.9 Å². The van der Waals surface area contributed by atoms with Gasteiger partial charge in [-0.1, -0.05) is 35.7 Å². The summed E-state index contributed by atoms with van der Waals surface area (Å²) in [6, 6.07) is 8.05. The molecular weight excluding hydrogens is 342 g/mol. The van der Waals surface area contributed by atoms with Crippen LogP contribution in [-0.2, 0) is 10.5 Å². The van der Waals surface area contributed by atoms with Crippen molar-refractivity contribution in [3.05, 3.63) is 45.5 Å². The molecule has 1 N–H and O–H groups in total. The molecule has 24 heavy (non-hydrogen) atoms. The highest BCUT2D eigenvalue weighted by atomic mass is 32.2. The zero-order valence-corrected chi connectivity index (χ0v) is 15.2. The number of carbonyl (C=O) groups is 1. The van der Waals surface area contributed by atoms with Crippen molar-refractivity contribution in [3.63, 3.8) is 0 Å². The SMILES string of the molecule is CN/N=C\C1=C(C=O)SC(SCc2ccc(C)cc2C#N)=NN1C. The fourth-order valence-corrected chi connectivity index (χ4v) is 4.06. The molecule has 8 heteroatoms. The highest BCUT2D eigenvalue weighted by molar-refractivity contribution is 8.40. The lowest BCUT2D eigenvalue weighted by molar-refractivity contribution is -0.104. The van der Waals surface area contributed by atoms with Gasteiger partial charge in [-0.3, -0.25) is 9.80 Å². The Morgan fingerprint density at radius 3 is 3.00 bits per heavy atom. The molecule has 1 heterocycles. The zero-order valence-electron chi connectivity index (χ0n) is 13.6. The molecule has 0 aromatic heterocycles. The highest BCUT2D eigenvalue weighted by Gasteiger charge is 2.20. The van der Waals surface area contributed by atoms with E-state index in [1.54, 1.807) is 25.3 Å². The monoisotopic (exact) mass is 359 g/mol. The smallest absolute Gasteiger partial charge is 0.159 e. The predicted octanol–water partition coefficient (Wildman–Crippen LogP) is 2.67. The summed E-state index contributed by atoms with van der Waals surface area (Å²) >= 11 is 2.81. The molecule has 0 amide bonds. The lowest BCUT2D eigenvalue weighted by Crippen LogP contribution is -2.20. The van der Waals surface area contributed by atoms with Gasteiger partial charge in [0.15, 0.2) is 10.7 Å². The lowest BCUT2D eigenvalue weighted by atomic mass is 10.1. The number of nitrogens with one attached hydrogen (secondary N) is 1. The Labute approximate surface area is 149 Å². The van der Waals surface area contributed by atoms with Crippen molar-refractivity contribution in [2.24, 2.45) is 10.2 Å². The molecular formula is C16H17N5OS2. The summed E-state index contributed by atoms with van der Waals surface area (Å²) in [5.74, 6) is 0.620. The molecule has 0 fully saturated rings. The minimum Gasteiger partial charge on any atom is -0.313 e. The van der Waals surface area contributed by atoms with Gasteiger partial charge in [-0.25, -0.2) is 0 Å². The van der Waals surface area contributed by atoms with Crippen molar-refractivity contribution in [2.45, 2.75) is 12.7 Å². The molecule has 2 rings (SSSR count). The van der Waals surface area contributed by atoms with Gasteiger partial charge in [0.05, 0.1) is 28.4 Å². The molecule has 0 bridgehead atoms. The third kappa shape index (κ3) is 4.40. The standard InChI is InChI=1S/C16H17N5OS2/c1-11-4-5-12(13(6-11)7-17)10-23-16-20-21(3)14(8-19-18-2)15(9-22)24-16/h4-6,8-9,18H,10H2,1-3H3/b19-8-. The fourth-order valence-electron chi connectivity index (χ4n) is 1.98. The minimum atomic E-state index is 0.554. The number of benzene rings is 1. The summed E-state index contributed by atoms with van der Waals surface area (Å²) in [6.07, 6.45) is 2.37. The number of aldehydes is 1. The molecule has 0 spiro atoms. The molecule has 0 atom stereocenters. The van der Waals surface area contributed by atoms with Gasteiger partial charge >= 0.3 is 0 Å². The molecule has 0 radical (unpaired) electrons. The van der Waals surface area contributed by atoms with Gasteiger partial charge in [-0.2, -0.15) is 15.5 Å². The van der Waals surface area contributed by atoms with Gasteiger partial charge in [-0.05, 0) is 24.1 Å². The van der Waals surface area contributed by atoms with Crippen LogP contribution in [0.5, 0.6) is 0 Å². The normalized spacial score (nSPS) is 14.6. The molecule has 124 valence electrons. The number of rotatable bonds is 5. The maximum atomic E-state index is 11.3. The van der Waals surface area contributed by atoms with Crippen LogP contribution in [0.15, 0.2) is 39.0 Å². The first kappa shape index (κ1) is 18.1. The quantitative estimate of drug-likeness (QED) is 0.494. The first-order chi connectivity index (χ1) is 11.6. The number of carbonyl (C=O) groups excluding carboxylic acids is 1. The Bertz CT molecular complexity index is 764. The van der Waals surface area contributed by atoms with E-state index in [-0.39, 0.29) is 0 Å². The van der Waals surface area contributed by atoms with Gasteiger partial charge < -0.3 is 5.43 Å². The van der Waals surface area contributed by atoms with Crippen molar-refractivity contribution in [1.82, 2.24) is 10.4 Å². The van der Waals surface area contributed by atoms with E-state index in [2.05, 4.69) is 21.7 Å². The predicted molar refractivity (Wildman–Crippen MR) is 101 cm³/mol. The second-order valence-electron chi connectivity index (χ2n) is 4.90. The summed E-state index contributed by atoms with van der Waals surface area (Å²) in [7, 11) is 3.46. The van der Waals surface area contributed by atoms with Crippen LogP contribution in [0.1, 0.15) is 16.7 Å². The number of aryl methyl sites for hydroxylation is 1. The van der Waals surface area contributed by atoms with Crippen LogP contribution >= 0.6 is 23.5 Å². The third-order valence-electron chi connectivity index (χ3n) is 3.19. The Balaban J connectivity index is 2.12. The van der Waals surface area contributed by atoms with E-state index in [1.807, 2.05) is 25.1 Å². The van der Waals surface area contributed by atoms with Gasteiger partial charge in [0.25, 0.3) is 0 Å². The van der Waals surface area contributed by atoms with Crippen molar-refractivity contribution >= 4 is 40.4 Å². The van der Waals surface area contributed by atoms with Crippen molar-refractivity contribution in [1.29, 1.82) is 5.26 Å². The topological polar surface area (TPSA) is 80.8 Å². The number of thioether (sulfide) groups is 2. The zero-order chi connectivity index (χ0) is 17.5. The Kier molecular flexibility index (Phi) is 6.46. The largest absolute Gasteiger partial charge is 0.313 e. The number of hydrogen-bond donors (Lipinski definition) is 1. The molecule has 6 nitrogen and oxygen atoms in total. The summed E-state index contributed by atoms with van der Waals surface area (Å²) in [5.41, 5.74) is 5.98. The van der Waals surface area contributed by atoms with E-state index >= 15 is 0 Å². The number of hydrogen-bond acceptors (Lipinski definition) is 8. The molecule has 1 aromatic rings. The van der Waals surface area contributed by atoms with Crippen LogP contribution in [0.3, 0.4) is 0 Å². The van der Waals surface area contributed by atoms with E-state index in [9.17, 15) is 10.1 Å². The second-order valence-corrected chi connectivity index (χ2v) is 7.15. The summed E-state index contributed by atoms with van der Waals surface area (Å²) in [5, 5.41) is 19.3. The number of nitriles is 1. The molecule has 1 aliphatic heterocycles. The number of nitrogens with zero attached hydrogens (tertiary/aromatic N) is 4. The maximum Gasteiger partial charge on any atom is 0.159 e. The van der Waals surface area contributed by atoms with E-state index in [1.165, 1.54) is 23.5 Å². The summed E-state index contributed by atoms with van der Waals surface area (Å²) < 4.78 is 0.755. The van der Waals surface area contributed by atoms with Crippen LogP contribution in [0, 0.1) is 18.3 Å². The van der Waals surface area contributed by atoms with E-state index in [4.69, 9.17) is 0 Å². The van der Waals surface area contributed by atoms with Gasteiger partial charge in [0.2, 0.25) is 0 Å². The van der Waals surface area contributed by atoms with Gasteiger partial charge in [0, 0.05) is 19.8 Å². The average Bonchev–Trinajstić information content (AvgIpc) is 2.59. The number of allylic oxidation sites excluding steroid dienone is 2. The Hall–Kier alpha value is -2.24. The van der Waals surface area contributed by atoms with Crippen LogP contribution in [0.25, 0.3) is 0 Å². The molecule has 1 aliphatic rings. The molecule has 0 saturated carbocycles. The molecule has 0 aliphatic carbocycles. The highest BCUT2D eigenvalue weighted by Crippen LogP contribution is 2.33. The average molecular weight is 359 g/mol. The summed E-state index contributed by atoms with van der Waals surface area (Å²) in [6.45, 7) is 1.96. The maximum absolute atomic E-state index is 11.3. The van der Waals surface area contributed by atoms with E-state index in [0.717, 1.165) is 21.8 Å². The van der Waals surface area contributed by atoms with Crippen LogP contribution < -0.4 is 5.43 Å². The van der Waals surface area contributed by atoms with Gasteiger partial charge in [-0.15, -0.1) is 0 Å². The minimum absolute atomic E-state index is 0.554. The number of hydrazone groups is 2. The van der Waals surface area contributed by atoms with Gasteiger partial charge in [0.1, 0.15) is 0 Å². The van der Waals surface area contributed by atoms with Crippen molar-refractivity contribution in [3.8, 4) is 6.07 Å². The lowest BCUT2D eigenvalue weighted by Gasteiger charge is -2.22. The van der Waals surface area contributed by atoms with Crippen molar-refractivity contribution in [2.75, 3.05) is 14.1 Å². The van der Waals surface area contributed by atoms with Crippen LogP contribution in [-0.4, -0.2) is 36.0 Å². The first-order valence-corrected chi connectivity index (χ1v) is 8.91. The Morgan fingerprint density at radius 2 is 2.33 bits per heavy atom.